The average molecular weight is 324 g/mol. The van der Waals surface area contributed by atoms with E-state index in [4.69, 9.17) is 23.2 Å². The maximum atomic E-state index is 12.2. The van der Waals surface area contributed by atoms with Crippen LogP contribution >= 0.6 is 23.2 Å². The van der Waals surface area contributed by atoms with E-state index in [1.54, 1.807) is 36.4 Å². The van der Waals surface area contributed by atoms with Gasteiger partial charge in [-0.3, -0.25) is 4.79 Å². The molecule has 108 valence electrons. The van der Waals surface area contributed by atoms with Crippen LogP contribution in [0.25, 0.3) is 0 Å². The number of methoxy groups -OCH3 is 1. The number of rotatable bonds is 3. The van der Waals surface area contributed by atoms with Gasteiger partial charge in [0.25, 0.3) is 5.91 Å². The molecule has 1 N–H and O–H groups in total. The average Bonchev–Trinajstić information content (AvgIpc) is 2.50. The molecule has 0 aliphatic rings. The number of carbonyl (C=O) groups excluding carboxylic acids is 2. The Labute approximate surface area is 131 Å². The molecule has 21 heavy (non-hydrogen) atoms. The van der Waals surface area contributed by atoms with Crippen LogP contribution in [0.2, 0.25) is 10.0 Å². The van der Waals surface area contributed by atoms with Gasteiger partial charge in [0.15, 0.2) is 0 Å². The van der Waals surface area contributed by atoms with Crippen molar-refractivity contribution < 1.29 is 14.3 Å². The zero-order valence-electron chi connectivity index (χ0n) is 11.0. The van der Waals surface area contributed by atoms with Crippen molar-refractivity contribution >= 4 is 40.8 Å². The molecule has 0 radical (unpaired) electrons. The fraction of sp³-hybridized carbons (Fsp3) is 0.0667. The molecule has 0 unspecified atom stereocenters. The Morgan fingerprint density at radius 3 is 2.19 bits per heavy atom. The first-order valence-electron chi connectivity index (χ1n) is 5.96. The number of halogens is 2. The highest BCUT2D eigenvalue weighted by Crippen LogP contribution is 2.30. The highest BCUT2D eigenvalue weighted by atomic mass is 35.5. The number of benzene rings is 2. The molecule has 1 amide bonds. The Hall–Kier alpha value is -2.04. The summed E-state index contributed by atoms with van der Waals surface area (Å²) in [6.45, 7) is 0. The molecular formula is C15H11Cl2NO3. The molecule has 0 aromatic heterocycles. The molecule has 0 bridgehead atoms. The number of amides is 1. The van der Waals surface area contributed by atoms with Gasteiger partial charge in [-0.2, -0.15) is 0 Å². The molecule has 0 fully saturated rings. The minimum Gasteiger partial charge on any atom is -0.465 e. The minimum absolute atomic E-state index is 0.287. The highest BCUT2D eigenvalue weighted by Gasteiger charge is 2.13. The van der Waals surface area contributed by atoms with Crippen molar-refractivity contribution in [3.8, 4) is 0 Å². The summed E-state index contributed by atoms with van der Waals surface area (Å²) >= 11 is 12.0. The lowest BCUT2D eigenvalue weighted by Gasteiger charge is -2.09. The smallest absolute Gasteiger partial charge is 0.337 e. The molecule has 0 spiro atoms. The lowest BCUT2D eigenvalue weighted by Crippen LogP contribution is -2.13. The minimum atomic E-state index is -0.513. The number of hydrogen-bond acceptors (Lipinski definition) is 3. The van der Waals surface area contributed by atoms with E-state index in [0.29, 0.717) is 21.3 Å². The molecule has 6 heteroatoms. The number of esters is 1. The summed E-state index contributed by atoms with van der Waals surface area (Å²) in [5, 5.41) is 3.29. The van der Waals surface area contributed by atoms with E-state index in [-0.39, 0.29) is 5.56 Å². The molecule has 0 heterocycles. The van der Waals surface area contributed by atoms with Crippen LogP contribution in [0.15, 0.2) is 42.5 Å². The maximum Gasteiger partial charge on any atom is 0.337 e. The van der Waals surface area contributed by atoms with E-state index >= 15 is 0 Å². The number of anilines is 1. The third-order valence-corrected chi connectivity index (χ3v) is 3.38. The van der Waals surface area contributed by atoms with E-state index in [1.165, 1.54) is 13.2 Å². The maximum absolute atomic E-state index is 12.2. The van der Waals surface area contributed by atoms with Crippen LogP contribution in [-0.4, -0.2) is 19.0 Å². The number of ether oxygens (including phenoxy) is 1. The first kappa shape index (κ1) is 15.4. The van der Waals surface area contributed by atoms with Crippen LogP contribution in [-0.2, 0) is 4.74 Å². The van der Waals surface area contributed by atoms with Crippen molar-refractivity contribution in [3.63, 3.8) is 0 Å². The van der Waals surface area contributed by atoms with Gasteiger partial charge in [0.1, 0.15) is 0 Å². The first-order valence-corrected chi connectivity index (χ1v) is 6.72. The molecule has 0 aliphatic heterocycles. The molecule has 2 aromatic rings. The van der Waals surface area contributed by atoms with Crippen LogP contribution in [0.4, 0.5) is 5.69 Å². The lowest BCUT2D eigenvalue weighted by molar-refractivity contribution is 0.0600. The van der Waals surface area contributed by atoms with Crippen LogP contribution in [0, 0.1) is 0 Å². The third-order valence-electron chi connectivity index (χ3n) is 2.75. The summed E-state index contributed by atoms with van der Waals surface area (Å²) in [4.78, 5) is 23.7. The second-order valence-electron chi connectivity index (χ2n) is 4.12. The van der Waals surface area contributed by atoms with Gasteiger partial charge in [0.05, 0.1) is 28.4 Å². The number of nitrogens with one attached hydrogen (secondary N) is 1. The van der Waals surface area contributed by atoms with Crippen molar-refractivity contribution in [1.82, 2.24) is 0 Å². The van der Waals surface area contributed by atoms with E-state index in [9.17, 15) is 9.59 Å². The Bertz CT molecular complexity index is 681. The quantitative estimate of drug-likeness (QED) is 0.867. The molecular weight excluding hydrogens is 313 g/mol. The van der Waals surface area contributed by atoms with Crippen molar-refractivity contribution in [2.75, 3.05) is 12.4 Å². The van der Waals surface area contributed by atoms with E-state index < -0.39 is 11.9 Å². The summed E-state index contributed by atoms with van der Waals surface area (Å²) in [7, 11) is 1.28. The zero-order valence-corrected chi connectivity index (χ0v) is 12.5. The first-order chi connectivity index (χ1) is 10.0. The van der Waals surface area contributed by atoms with Crippen molar-refractivity contribution in [1.29, 1.82) is 0 Å². The lowest BCUT2D eigenvalue weighted by atomic mass is 10.1. The van der Waals surface area contributed by atoms with Gasteiger partial charge in [-0.25, -0.2) is 4.79 Å². The number of para-hydroxylation sites is 1. The summed E-state index contributed by atoms with van der Waals surface area (Å²) in [5.74, 6) is -0.934. The Morgan fingerprint density at radius 2 is 1.57 bits per heavy atom. The van der Waals surface area contributed by atoms with Crippen molar-refractivity contribution in [2.45, 2.75) is 0 Å². The second kappa shape index (κ2) is 6.61. The Kier molecular flexibility index (Phi) is 4.83. The largest absolute Gasteiger partial charge is 0.465 e. The second-order valence-corrected chi connectivity index (χ2v) is 4.94. The van der Waals surface area contributed by atoms with Gasteiger partial charge in [-0.15, -0.1) is 0 Å². The molecule has 4 nitrogen and oxygen atoms in total. The van der Waals surface area contributed by atoms with Crippen LogP contribution in [0.5, 0.6) is 0 Å². The summed E-state index contributed by atoms with van der Waals surface area (Å²) in [6.07, 6.45) is 0. The van der Waals surface area contributed by atoms with Crippen molar-refractivity contribution in [3.05, 3.63) is 63.6 Å². The third kappa shape index (κ3) is 3.54. The van der Waals surface area contributed by atoms with Crippen molar-refractivity contribution in [2.24, 2.45) is 0 Å². The fourth-order valence-electron chi connectivity index (χ4n) is 1.71. The van der Waals surface area contributed by atoms with Crippen LogP contribution in [0.1, 0.15) is 20.7 Å². The van der Waals surface area contributed by atoms with Gasteiger partial charge < -0.3 is 10.1 Å². The molecule has 0 aliphatic carbocycles. The van der Waals surface area contributed by atoms with Gasteiger partial charge >= 0.3 is 5.97 Å². The van der Waals surface area contributed by atoms with Gasteiger partial charge in [0, 0.05) is 5.56 Å². The van der Waals surface area contributed by atoms with E-state index in [0.717, 1.165) is 0 Å². The molecule has 0 saturated heterocycles. The zero-order chi connectivity index (χ0) is 15.4. The topological polar surface area (TPSA) is 55.4 Å². The highest BCUT2D eigenvalue weighted by molar-refractivity contribution is 6.40. The van der Waals surface area contributed by atoms with Gasteiger partial charge in [0.2, 0.25) is 0 Å². The predicted molar refractivity (Wildman–Crippen MR) is 82.2 cm³/mol. The normalized spacial score (nSPS) is 10.0. The summed E-state index contributed by atoms with van der Waals surface area (Å²) in [5.41, 5.74) is 0.915. The molecule has 2 aromatic carbocycles. The van der Waals surface area contributed by atoms with Crippen LogP contribution in [0.3, 0.4) is 0 Å². The number of carbonyl (C=O) groups is 2. The summed E-state index contributed by atoms with van der Waals surface area (Å²) < 4.78 is 4.61. The van der Waals surface area contributed by atoms with E-state index in [2.05, 4.69) is 10.1 Å². The van der Waals surface area contributed by atoms with Gasteiger partial charge in [-0.1, -0.05) is 35.3 Å². The van der Waals surface area contributed by atoms with Gasteiger partial charge in [-0.05, 0) is 30.3 Å². The summed E-state index contributed by atoms with van der Waals surface area (Å²) in [6, 6.07) is 11.1. The molecule has 2 rings (SSSR count). The molecule has 0 saturated carbocycles. The number of hydrogen-bond donors (Lipinski definition) is 1. The Balaban J connectivity index is 2.27. The SMILES string of the molecule is COC(=O)c1cccc(C(=O)Nc2c(Cl)cccc2Cl)c1. The molecule has 0 atom stereocenters. The van der Waals surface area contributed by atoms with E-state index in [1.807, 2.05) is 0 Å². The Morgan fingerprint density at radius 1 is 1.00 bits per heavy atom. The standard InChI is InChI=1S/C15H11Cl2NO3/c1-21-15(20)10-5-2-4-9(8-10)14(19)18-13-11(16)6-3-7-12(13)17/h2-8H,1H3,(H,18,19). The monoisotopic (exact) mass is 323 g/mol. The predicted octanol–water partition coefficient (Wildman–Crippen LogP) is 4.03. The van der Waals surface area contributed by atoms with Crippen LogP contribution < -0.4 is 5.32 Å². The fourth-order valence-corrected chi connectivity index (χ4v) is 2.20.